The molecule has 0 saturated heterocycles. The average Bonchev–Trinajstić information content (AvgIpc) is 2.77. The highest BCUT2D eigenvalue weighted by molar-refractivity contribution is 6.30. The number of rotatable bonds is 1. The van der Waals surface area contributed by atoms with Crippen LogP contribution in [0, 0.1) is 0 Å². The maximum absolute atomic E-state index is 12.1. The van der Waals surface area contributed by atoms with Gasteiger partial charge in [0.1, 0.15) is 0 Å². The number of hydrogen-bond donors (Lipinski definition) is 2. The Labute approximate surface area is 126 Å². The van der Waals surface area contributed by atoms with Crippen LogP contribution in [0.2, 0.25) is 5.02 Å². The molecule has 1 aliphatic heterocycles. The first kappa shape index (κ1) is 12.5. The van der Waals surface area contributed by atoms with Gasteiger partial charge in [0, 0.05) is 33.7 Å². The van der Waals surface area contributed by atoms with Crippen LogP contribution in [0.1, 0.15) is 15.9 Å². The van der Waals surface area contributed by atoms with Gasteiger partial charge in [0.2, 0.25) is 0 Å². The SMILES string of the molecule is O=C1NCCc2c(-c3ccc(Cl)cc3)[nH]c3cccc1c23. The van der Waals surface area contributed by atoms with Crippen LogP contribution in [0.4, 0.5) is 0 Å². The Bertz CT molecular complexity index is 849. The van der Waals surface area contributed by atoms with E-state index in [0.29, 0.717) is 6.54 Å². The minimum Gasteiger partial charge on any atom is -0.354 e. The van der Waals surface area contributed by atoms with Crippen molar-refractivity contribution in [3.05, 3.63) is 58.6 Å². The van der Waals surface area contributed by atoms with Gasteiger partial charge in [0.15, 0.2) is 0 Å². The van der Waals surface area contributed by atoms with Crippen LogP contribution < -0.4 is 5.32 Å². The third-order valence-electron chi connectivity index (χ3n) is 3.97. The molecule has 0 unspecified atom stereocenters. The van der Waals surface area contributed by atoms with Crippen molar-refractivity contribution in [3.63, 3.8) is 0 Å². The summed E-state index contributed by atoms with van der Waals surface area (Å²) in [7, 11) is 0. The molecule has 0 atom stereocenters. The second kappa shape index (κ2) is 4.64. The van der Waals surface area contributed by atoms with Crippen LogP contribution in [-0.2, 0) is 6.42 Å². The van der Waals surface area contributed by atoms with Crippen LogP contribution in [0.5, 0.6) is 0 Å². The molecule has 0 radical (unpaired) electrons. The maximum atomic E-state index is 12.1. The number of nitrogens with one attached hydrogen (secondary N) is 2. The van der Waals surface area contributed by atoms with Gasteiger partial charge in [-0.25, -0.2) is 0 Å². The lowest BCUT2D eigenvalue weighted by Crippen LogP contribution is -2.23. The summed E-state index contributed by atoms with van der Waals surface area (Å²) in [5.74, 6) is 0.000932. The van der Waals surface area contributed by atoms with Crippen LogP contribution in [0.25, 0.3) is 22.2 Å². The number of benzene rings is 2. The Morgan fingerprint density at radius 1 is 1.05 bits per heavy atom. The van der Waals surface area contributed by atoms with Crippen molar-refractivity contribution in [1.82, 2.24) is 10.3 Å². The number of halogens is 1. The molecule has 104 valence electrons. The molecule has 2 aromatic carbocycles. The van der Waals surface area contributed by atoms with Crippen molar-refractivity contribution in [2.45, 2.75) is 6.42 Å². The summed E-state index contributed by atoms with van der Waals surface area (Å²) in [5, 5.41) is 4.71. The largest absolute Gasteiger partial charge is 0.354 e. The fourth-order valence-corrected chi connectivity index (χ4v) is 3.14. The third-order valence-corrected chi connectivity index (χ3v) is 4.22. The zero-order valence-corrected chi connectivity index (χ0v) is 12.0. The number of carbonyl (C=O) groups is 1. The summed E-state index contributed by atoms with van der Waals surface area (Å²) in [4.78, 5) is 15.6. The summed E-state index contributed by atoms with van der Waals surface area (Å²) in [6.45, 7) is 0.654. The maximum Gasteiger partial charge on any atom is 0.251 e. The second-order valence-corrected chi connectivity index (χ2v) is 5.66. The molecule has 21 heavy (non-hydrogen) atoms. The van der Waals surface area contributed by atoms with E-state index in [0.717, 1.165) is 39.2 Å². The van der Waals surface area contributed by atoms with E-state index in [9.17, 15) is 4.79 Å². The molecule has 3 aromatic rings. The highest BCUT2D eigenvalue weighted by Gasteiger charge is 2.21. The number of amides is 1. The molecular weight excluding hydrogens is 284 g/mol. The van der Waals surface area contributed by atoms with Gasteiger partial charge in [0.05, 0.1) is 0 Å². The first-order valence-electron chi connectivity index (χ1n) is 6.92. The van der Waals surface area contributed by atoms with E-state index >= 15 is 0 Å². The van der Waals surface area contributed by atoms with E-state index in [-0.39, 0.29) is 5.91 Å². The number of carbonyl (C=O) groups excluding carboxylic acids is 1. The molecule has 0 saturated carbocycles. The van der Waals surface area contributed by atoms with E-state index in [1.807, 2.05) is 42.5 Å². The van der Waals surface area contributed by atoms with E-state index in [4.69, 9.17) is 11.6 Å². The van der Waals surface area contributed by atoms with Crippen molar-refractivity contribution in [1.29, 1.82) is 0 Å². The molecule has 3 nitrogen and oxygen atoms in total. The van der Waals surface area contributed by atoms with Gasteiger partial charge in [-0.15, -0.1) is 0 Å². The molecule has 1 amide bonds. The van der Waals surface area contributed by atoms with Crippen molar-refractivity contribution in [2.75, 3.05) is 6.54 Å². The molecule has 1 aromatic heterocycles. The summed E-state index contributed by atoms with van der Waals surface area (Å²) in [5.41, 5.74) is 5.11. The third kappa shape index (κ3) is 1.93. The van der Waals surface area contributed by atoms with Crippen LogP contribution in [-0.4, -0.2) is 17.4 Å². The van der Waals surface area contributed by atoms with Crippen LogP contribution in [0.15, 0.2) is 42.5 Å². The first-order chi connectivity index (χ1) is 10.2. The van der Waals surface area contributed by atoms with E-state index in [1.165, 1.54) is 5.56 Å². The highest BCUT2D eigenvalue weighted by atomic mass is 35.5. The predicted molar refractivity (Wildman–Crippen MR) is 84.8 cm³/mol. The van der Waals surface area contributed by atoms with Gasteiger partial charge in [-0.05, 0) is 41.8 Å². The summed E-state index contributed by atoms with van der Waals surface area (Å²) < 4.78 is 0. The predicted octanol–water partition coefficient (Wildman–Crippen LogP) is 3.77. The van der Waals surface area contributed by atoms with Crippen molar-refractivity contribution < 1.29 is 4.79 Å². The van der Waals surface area contributed by atoms with Crippen molar-refractivity contribution in [2.24, 2.45) is 0 Å². The minimum absolute atomic E-state index is 0.000932. The molecule has 4 rings (SSSR count). The molecule has 2 heterocycles. The Balaban J connectivity index is 2.02. The quantitative estimate of drug-likeness (QED) is 0.705. The molecule has 0 fully saturated rings. The second-order valence-electron chi connectivity index (χ2n) is 5.22. The molecule has 0 aliphatic carbocycles. The van der Waals surface area contributed by atoms with Crippen LogP contribution >= 0.6 is 11.6 Å². The summed E-state index contributed by atoms with van der Waals surface area (Å²) in [6.07, 6.45) is 0.820. The van der Waals surface area contributed by atoms with Crippen molar-refractivity contribution >= 4 is 28.4 Å². The Morgan fingerprint density at radius 2 is 1.86 bits per heavy atom. The number of aromatic nitrogens is 1. The fourth-order valence-electron chi connectivity index (χ4n) is 3.02. The molecule has 0 spiro atoms. The van der Waals surface area contributed by atoms with Crippen molar-refractivity contribution in [3.8, 4) is 11.3 Å². The Morgan fingerprint density at radius 3 is 2.67 bits per heavy atom. The Hall–Kier alpha value is -2.26. The lowest BCUT2D eigenvalue weighted by molar-refractivity contribution is 0.0957. The zero-order valence-electron chi connectivity index (χ0n) is 11.2. The fraction of sp³-hybridized carbons (Fsp3) is 0.118. The van der Waals surface area contributed by atoms with E-state index in [1.54, 1.807) is 0 Å². The number of aromatic amines is 1. The molecule has 1 aliphatic rings. The normalized spacial score (nSPS) is 14.0. The Kier molecular flexibility index (Phi) is 2.76. The van der Waals surface area contributed by atoms with E-state index in [2.05, 4.69) is 10.3 Å². The van der Waals surface area contributed by atoms with Gasteiger partial charge in [-0.3, -0.25) is 4.79 Å². The summed E-state index contributed by atoms with van der Waals surface area (Å²) in [6, 6.07) is 13.6. The molecule has 0 bridgehead atoms. The first-order valence-corrected chi connectivity index (χ1v) is 7.29. The number of H-pyrrole nitrogens is 1. The van der Waals surface area contributed by atoms with Gasteiger partial charge in [0.25, 0.3) is 5.91 Å². The zero-order chi connectivity index (χ0) is 14.4. The molecule has 4 heteroatoms. The molecule has 2 N–H and O–H groups in total. The van der Waals surface area contributed by atoms with Gasteiger partial charge in [-0.2, -0.15) is 0 Å². The van der Waals surface area contributed by atoms with Gasteiger partial charge >= 0.3 is 0 Å². The van der Waals surface area contributed by atoms with E-state index < -0.39 is 0 Å². The molecular formula is C17H13ClN2O. The van der Waals surface area contributed by atoms with Gasteiger partial charge < -0.3 is 10.3 Å². The smallest absolute Gasteiger partial charge is 0.251 e. The minimum atomic E-state index is 0.000932. The monoisotopic (exact) mass is 296 g/mol. The number of hydrogen-bond acceptors (Lipinski definition) is 1. The highest BCUT2D eigenvalue weighted by Crippen LogP contribution is 2.34. The topological polar surface area (TPSA) is 44.9 Å². The lowest BCUT2D eigenvalue weighted by Gasteiger charge is -2.04. The summed E-state index contributed by atoms with van der Waals surface area (Å²) >= 11 is 5.97. The van der Waals surface area contributed by atoms with Gasteiger partial charge in [-0.1, -0.05) is 29.8 Å². The average molecular weight is 297 g/mol. The lowest BCUT2D eigenvalue weighted by atomic mass is 10.0. The standard InChI is InChI=1S/C17H13ClN2O/c18-11-6-4-10(5-7-11)16-12-8-9-19-17(21)13-2-1-3-14(20-16)15(12)13/h1-7,20H,8-9H2,(H,19,21). The van der Waals surface area contributed by atoms with Crippen LogP contribution in [0.3, 0.4) is 0 Å².